The van der Waals surface area contributed by atoms with E-state index in [0.29, 0.717) is 0 Å². The van der Waals surface area contributed by atoms with Gasteiger partial charge in [-0.2, -0.15) is 0 Å². The van der Waals surface area contributed by atoms with Crippen LogP contribution in [0, 0.1) is 6.92 Å². The Kier molecular flexibility index (Phi) is 6.65. The summed E-state index contributed by atoms with van der Waals surface area (Å²) in [6, 6.07) is 4.59. The molecule has 6 nitrogen and oxygen atoms in total. The van der Waals surface area contributed by atoms with E-state index in [1.54, 1.807) is 6.08 Å². The predicted molar refractivity (Wildman–Crippen MR) is 116 cm³/mol. The van der Waals surface area contributed by atoms with Crippen molar-refractivity contribution in [2.75, 3.05) is 27.2 Å². The van der Waals surface area contributed by atoms with Crippen LogP contribution < -0.4 is 10.6 Å². The molecule has 0 amide bonds. The molecular formula is C22H32N6. The molecule has 3 rings (SSSR count). The molecule has 28 heavy (non-hydrogen) atoms. The van der Waals surface area contributed by atoms with Gasteiger partial charge in [0.25, 0.3) is 0 Å². The maximum Gasteiger partial charge on any atom is 0.138 e. The van der Waals surface area contributed by atoms with E-state index in [2.05, 4.69) is 52.9 Å². The Balaban J connectivity index is 1.80. The third-order valence-corrected chi connectivity index (χ3v) is 5.48. The van der Waals surface area contributed by atoms with Gasteiger partial charge >= 0.3 is 0 Å². The molecule has 6 heteroatoms. The zero-order valence-electron chi connectivity index (χ0n) is 17.3. The highest BCUT2D eigenvalue weighted by atomic mass is 15.3. The fraction of sp³-hybridized carbons (Fsp3) is 0.455. The summed E-state index contributed by atoms with van der Waals surface area (Å²) < 4.78 is 2.04. The molecule has 150 valence electrons. The van der Waals surface area contributed by atoms with E-state index in [9.17, 15) is 0 Å². The molecule has 1 unspecified atom stereocenters. The first-order valence-corrected chi connectivity index (χ1v) is 9.99. The fourth-order valence-electron chi connectivity index (χ4n) is 3.77. The van der Waals surface area contributed by atoms with Gasteiger partial charge < -0.3 is 15.5 Å². The van der Waals surface area contributed by atoms with Crippen LogP contribution >= 0.6 is 0 Å². The summed E-state index contributed by atoms with van der Waals surface area (Å²) >= 11 is 0. The molecule has 0 spiro atoms. The van der Waals surface area contributed by atoms with Crippen LogP contribution in [0.5, 0.6) is 0 Å². The second-order valence-corrected chi connectivity index (χ2v) is 7.45. The molecule has 1 aliphatic heterocycles. The van der Waals surface area contributed by atoms with Crippen LogP contribution in [-0.4, -0.2) is 46.6 Å². The first-order chi connectivity index (χ1) is 13.5. The van der Waals surface area contributed by atoms with E-state index in [1.165, 1.54) is 5.56 Å². The molecular weight excluding hydrogens is 348 g/mol. The van der Waals surface area contributed by atoms with Crippen LogP contribution in [0.2, 0.25) is 0 Å². The van der Waals surface area contributed by atoms with Crippen LogP contribution in [0.15, 0.2) is 37.7 Å². The monoisotopic (exact) mass is 380 g/mol. The van der Waals surface area contributed by atoms with E-state index in [1.807, 2.05) is 30.9 Å². The SMILES string of the molecule is C=Cc1nc(C2CCC[C@@H](c3ncccc3C)N2)cn1C(=C)N(C)CCNC. The van der Waals surface area contributed by atoms with Gasteiger partial charge in [0.2, 0.25) is 0 Å². The normalized spacial score (nSPS) is 19.4. The highest BCUT2D eigenvalue weighted by Gasteiger charge is 2.27. The molecule has 0 saturated carbocycles. The van der Waals surface area contributed by atoms with Crippen molar-refractivity contribution in [1.82, 2.24) is 30.1 Å². The number of likely N-dealkylation sites (N-methyl/N-ethyl adjacent to an activating group) is 2. The number of piperidine rings is 1. The number of hydrogen-bond acceptors (Lipinski definition) is 5. The number of nitrogens with zero attached hydrogens (tertiary/aromatic N) is 4. The van der Waals surface area contributed by atoms with Gasteiger partial charge in [0.1, 0.15) is 11.6 Å². The summed E-state index contributed by atoms with van der Waals surface area (Å²) in [5.74, 6) is 1.73. The largest absolute Gasteiger partial charge is 0.360 e. The molecule has 3 heterocycles. The van der Waals surface area contributed by atoms with Gasteiger partial charge in [-0.05, 0) is 50.9 Å². The number of hydrogen-bond donors (Lipinski definition) is 2. The first kappa shape index (κ1) is 20.3. The summed E-state index contributed by atoms with van der Waals surface area (Å²) in [4.78, 5) is 11.6. The number of aryl methyl sites for hydroxylation is 1. The second-order valence-electron chi connectivity index (χ2n) is 7.45. The fourth-order valence-corrected chi connectivity index (χ4v) is 3.77. The lowest BCUT2D eigenvalue weighted by atomic mass is 9.93. The summed E-state index contributed by atoms with van der Waals surface area (Å²) in [5, 5.41) is 6.94. The van der Waals surface area contributed by atoms with Gasteiger partial charge in [-0.3, -0.25) is 9.55 Å². The van der Waals surface area contributed by atoms with Gasteiger partial charge in [-0.1, -0.05) is 19.2 Å². The number of pyridine rings is 1. The predicted octanol–water partition coefficient (Wildman–Crippen LogP) is 3.36. The van der Waals surface area contributed by atoms with Gasteiger partial charge in [0.15, 0.2) is 0 Å². The lowest BCUT2D eigenvalue weighted by Crippen LogP contribution is -2.32. The molecule has 0 radical (unpaired) electrons. The van der Waals surface area contributed by atoms with E-state index in [-0.39, 0.29) is 12.1 Å². The summed E-state index contributed by atoms with van der Waals surface area (Å²) in [5.41, 5.74) is 3.42. The topological polar surface area (TPSA) is 58.0 Å². The Labute approximate surface area is 168 Å². The van der Waals surface area contributed by atoms with Crippen molar-refractivity contribution in [2.24, 2.45) is 0 Å². The summed E-state index contributed by atoms with van der Waals surface area (Å²) in [6.45, 7) is 12.1. The van der Waals surface area contributed by atoms with Crippen LogP contribution in [0.4, 0.5) is 0 Å². The molecule has 2 aromatic heterocycles. The molecule has 0 aromatic carbocycles. The second kappa shape index (κ2) is 9.17. The van der Waals surface area contributed by atoms with Crippen molar-refractivity contribution in [3.8, 4) is 0 Å². The lowest BCUT2D eigenvalue weighted by molar-refractivity contribution is 0.321. The zero-order valence-corrected chi connectivity index (χ0v) is 17.3. The van der Waals surface area contributed by atoms with Crippen molar-refractivity contribution in [2.45, 2.75) is 38.3 Å². The van der Waals surface area contributed by atoms with Crippen molar-refractivity contribution in [3.05, 3.63) is 60.5 Å². The number of rotatable bonds is 8. The molecule has 0 aliphatic carbocycles. The highest BCUT2D eigenvalue weighted by molar-refractivity contribution is 5.50. The van der Waals surface area contributed by atoms with Gasteiger partial charge in [-0.25, -0.2) is 4.98 Å². The number of nitrogens with one attached hydrogen (secondary N) is 2. The smallest absolute Gasteiger partial charge is 0.138 e. The zero-order chi connectivity index (χ0) is 20.1. The van der Waals surface area contributed by atoms with Crippen molar-refractivity contribution >= 4 is 11.9 Å². The Hall–Kier alpha value is -2.44. The Bertz CT molecular complexity index is 824. The average molecular weight is 381 g/mol. The highest BCUT2D eigenvalue weighted by Crippen LogP contribution is 2.33. The van der Waals surface area contributed by atoms with E-state index in [0.717, 1.165) is 55.4 Å². The average Bonchev–Trinajstić information content (AvgIpc) is 3.16. The molecule has 2 aromatic rings. The Morgan fingerprint density at radius 1 is 1.43 bits per heavy atom. The van der Waals surface area contributed by atoms with Gasteiger partial charge in [0, 0.05) is 32.5 Å². The maximum absolute atomic E-state index is 4.85. The summed E-state index contributed by atoms with van der Waals surface area (Å²) in [6.07, 6.45) is 9.09. The van der Waals surface area contributed by atoms with Crippen molar-refractivity contribution in [3.63, 3.8) is 0 Å². The third kappa shape index (κ3) is 4.34. The van der Waals surface area contributed by atoms with Gasteiger partial charge in [0.05, 0.1) is 23.5 Å². The molecule has 2 atom stereocenters. The Morgan fingerprint density at radius 2 is 2.21 bits per heavy atom. The molecule has 1 aliphatic rings. The van der Waals surface area contributed by atoms with Crippen LogP contribution in [-0.2, 0) is 0 Å². The summed E-state index contributed by atoms with van der Waals surface area (Å²) in [7, 11) is 4.00. The number of imidazole rings is 1. The van der Waals surface area contributed by atoms with E-state index < -0.39 is 0 Å². The minimum atomic E-state index is 0.204. The molecule has 2 N–H and O–H groups in total. The third-order valence-electron chi connectivity index (χ3n) is 5.48. The van der Waals surface area contributed by atoms with Crippen molar-refractivity contribution in [1.29, 1.82) is 0 Å². The van der Waals surface area contributed by atoms with Crippen LogP contribution in [0.3, 0.4) is 0 Å². The quantitative estimate of drug-likeness (QED) is 0.735. The van der Waals surface area contributed by atoms with Crippen LogP contribution in [0.25, 0.3) is 11.9 Å². The Morgan fingerprint density at radius 3 is 2.93 bits per heavy atom. The molecule has 1 fully saturated rings. The van der Waals surface area contributed by atoms with Crippen molar-refractivity contribution < 1.29 is 0 Å². The lowest BCUT2D eigenvalue weighted by Gasteiger charge is -2.30. The van der Waals surface area contributed by atoms with E-state index >= 15 is 0 Å². The van der Waals surface area contributed by atoms with E-state index in [4.69, 9.17) is 4.98 Å². The number of aromatic nitrogens is 3. The van der Waals surface area contributed by atoms with Crippen LogP contribution in [0.1, 0.15) is 54.1 Å². The molecule has 1 saturated heterocycles. The minimum Gasteiger partial charge on any atom is -0.360 e. The minimum absolute atomic E-state index is 0.204. The van der Waals surface area contributed by atoms with Gasteiger partial charge in [-0.15, -0.1) is 0 Å². The first-order valence-electron chi connectivity index (χ1n) is 9.99. The maximum atomic E-state index is 4.85. The standard InChI is InChI=1S/C22H32N6/c1-6-21-26-20(15-28(21)17(3)27(5)14-13-23-4)18-10-7-11-19(25-18)22-16(2)9-8-12-24-22/h6,8-9,12,15,18-19,23,25H,1,3,7,10-11,13-14H2,2,4-5H3/t18?,19-/m0/s1. The molecule has 0 bridgehead atoms.